The van der Waals surface area contributed by atoms with Crippen molar-refractivity contribution in [3.63, 3.8) is 0 Å². The summed E-state index contributed by atoms with van der Waals surface area (Å²) in [5.74, 6) is 0. The first-order valence-electron chi connectivity index (χ1n) is 3.78. The van der Waals surface area contributed by atoms with Gasteiger partial charge in [0.1, 0.15) is 0 Å². The van der Waals surface area contributed by atoms with E-state index in [9.17, 15) is 0 Å². The van der Waals surface area contributed by atoms with Gasteiger partial charge in [-0.05, 0) is 19.4 Å². The molecule has 0 bridgehead atoms. The van der Waals surface area contributed by atoms with E-state index in [-0.39, 0.29) is 0 Å². The molecule has 0 radical (unpaired) electrons. The lowest BCUT2D eigenvalue weighted by molar-refractivity contribution is 1.09. The molecule has 0 aromatic carbocycles. The fourth-order valence-corrected chi connectivity index (χ4v) is 0.811. The lowest BCUT2D eigenvalue weighted by Crippen LogP contribution is -1.88. The molecule has 0 N–H and O–H groups in total. The van der Waals surface area contributed by atoms with E-state index in [1.165, 1.54) is 0 Å². The summed E-state index contributed by atoms with van der Waals surface area (Å²) in [5.41, 5.74) is 1.95. The second-order valence-electron chi connectivity index (χ2n) is 2.34. The van der Waals surface area contributed by atoms with Gasteiger partial charge in [-0.15, -0.1) is 0 Å². The van der Waals surface area contributed by atoms with Crippen molar-refractivity contribution in [2.45, 2.75) is 20.3 Å². The molecule has 0 aliphatic rings. The maximum absolute atomic E-state index is 4.17. The molecular formula is C9H12N2. The van der Waals surface area contributed by atoms with Crippen LogP contribution in [0.5, 0.6) is 0 Å². The van der Waals surface area contributed by atoms with Crippen LogP contribution >= 0.6 is 0 Å². The van der Waals surface area contributed by atoms with Gasteiger partial charge in [-0.2, -0.15) is 0 Å². The van der Waals surface area contributed by atoms with Crippen LogP contribution in [0.2, 0.25) is 0 Å². The van der Waals surface area contributed by atoms with Gasteiger partial charge in [0.05, 0.1) is 11.4 Å². The number of hydrogen-bond donors (Lipinski definition) is 0. The largest absolute Gasteiger partial charge is 0.258 e. The summed E-state index contributed by atoms with van der Waals surface area (Å²) in [5, 5.41) is 0. The summed E-state index contributed by atoms with van der Waals surface area (Å²) >= 11 is 0. The van der Waals surface area contributed by atoms with Crippen LogP contribution in [0.25, 0.3) is 6.08 Å². The van der Waals surface area contributed by atoms with Crippen molar-refractivity contribution in [3.8, 4) is 0 Å². The van der Waals surface area contributed by atoms with E-state index in [2.05, 4.69) is 23.0 Å². The molecule has 1 aromatic heterocycles. The van der Waals surface area contributed by atoms with Crippen molar-refractivity contribution in [2.75, 3.05) is 0 Å². The molecule has 0 amide bonds. The number of allylic oxidation sites excluding steroid dienone is 1. The monoisotopic (exact) mass is 148 g/mol. The van der Waals surface area contributed by atoms with Crippen molar-refractivity contribution in [1.82, 2.24) is 9.97 Å². The SMILES string of the molecule is CCC=Cc1nccnc1C. The van der Waals surface area contributed by atoms with Crippen molar-refractivity contribution in [2.24, 2.45) is 0 Å². The predicted octanol–water partition coefficient (Wildman–Crippen LogP) is 2.21. The number of nitrogens with zero attached hydrogens (tertiary/aromatic N) is 2. The molecule has 0 aliphatic heterocycles. The quantitative estimate of drug-likeness (QED) is 0.642. The van der Waals surface area contributed by atoms with Crippen molar-refractivity contribution >= 4 is 6.08 Å². The summed E-state index contributed by atoms with van der Waals surface area (Å²) in [7, 11) is 0. The molecule has 11 heavy (non-hydrogen) atoms. The van der Waals surface area contributed by atoms with Crippen molar-refractivity contribution in [3.05, 3.63) is 29.9 Å². The molecule has 2 nitrogen and oxygen atoms in total. The molecular weight excluding hydrogens is 136 g/mol. The number of aromatic nitrogens is 2. The zero-order valence-corrected chi connectivity index (χ0v) is 6.91. The van der Waals surface area contributed by atoms with E-state index in [1.807, 2.05) is 13.0 Å². The molecule has 1 rings (SSSR count). The first kappa shape index (κ1) is 7.92. The average Bonchev–Trinajstić information content (AvgIpc) is 2.03. The lowest BCUT2D eigenvalue weighted by Gasteiger charge is -1.94. The van der Waals surface area contributed by atoms with E-state index in [0.29, 0.717) is 0 Å². The Morgan fingerprint density at radius 2 is 2.09 bits per heavy atom. The van der Waals surface area contributed by atoms with E-state index >= 15 is 0 Å². The standard InChI is InChI=1S/C9H12N2/c1-3-4-5-9-8(2)10-6-7-11-9/h4-7H,3H2,1-2H3. The van der Waals surface area contributed by atoms with Crippen LogP contribution in [0.15, 0.2) is 18.5 Å². The van der Waals surface area contributed by atoms with Gasteiger partial charge in [0.15, 0.2) is 0 Å². The fraction of sp³-hybridized carbons (Fsp3) is 0.333. The van der Waals surface area contributed by atoms with E-state index < -0.39 is 0 Å². The summed E-state index contributed by atoms with van der Waals surface area (Å²) in [6.07, 6.45) is 8.54. The van der Waals surface area contributed by atoms with Gasteiger partial charge in [0.2, 0.25) is 0 Å². The van der Waals surface area contributed by atoms with Crippen LogP contribution in [0, 0.1) is 6.92 Å². The summed E-state index contributed by atoms with van der Waals surface area (Å²) < 4.78 is 0. The molecule has 0 fully saturated rings. The Bertz CT molecular complexity index is 253. The summed E-state index contributed by atoms with van der Waals surface area (Å²) in [4.78, 5) is 8.28. The van der Waals surface area contributed by atoms with Crippen LogP contribution in [0.1, 0.15) is 24.7 Å². The smallest absolute Gasteiger partial charge is 0.0838 e. The Labute approximate surface area is 67.0 Å². The van der Waals surface area contributed by atoms with Gasteiger partial charge in [-0.1, -0.05) is 13.0 Å². The third-order valence-corrected chi connectivity index (χ3v) is 1.43. The van der Waals surface area contributed by atoms with E-state index in [1.54, 1.807) is 12.4 Å². The minimum Gasteiger partial charge on any atom is -0.258 e. The molecule has 0 atom stereocenters. The van der Waals surface area contributed by atoms with Gasteiger partial charge in [0.25, 0.3) is 0 Å². The molecule has 0 saturated carbocycles. The van der Waals surface area contributed by atoms with Gasteiger partial charge in [0, 0.05) is 12.4 Å². The minimum atomic E-state index is 0.967. The van der Waals surface area contributed by atoms with Crippen LogP contribution < -0.4 is 0 Å². The molecule has 0 spiro atoms. The second kappa shape index (κ2) is 3.86. The maximum atomic E-state index is 4.17. The topological polar surface area (TPSA) is 25.8 Å². The molecule has 1 heterocycles. The fourth-order valence-electron chi connectivity index (χ4n) is 0.811. The Morgan fingerprint density at radius 3 is 2.73 bits per heavy atom. The Hall–Kier alpha value is -1.18. The van der Waals surface area contributed by atoms with E-state index in [4.69, 9.17) is 0 Å². The zero-order chi connectivity index (χ0) is 8.10. The Kier molecular flexibility index (Phi) is 2.78. The van der Waals surface area contributed by atoms with Gasteiger partial charge < -0.3 is 0 Å². The molecule has 0 aliphatic carbocycles. The molecule has 0 unspecified atom stereocenters. The third kappa shape index (κ3) is 2.15. The van der Waals surface area contributed by atoms with Crippen LogP contribution in [-0.2, 0) is 0 Å². The predicted molar refractivity (Wildman–Crippen MR) is 46.1 cm³/mol. The zero-order valence-electron chi connectivity index (χ0n) is 6.91. The molecule has 0 saturated heterocycles. The summed E-state index contributed by atoms with van der Waals surface area (Å²) in [6.45, 7) is 4.06. The van der Waals surface area contributed by atoms with Crippen LogP contribution in [0.4, 0.5) is 0 Å². The number of hydrogen-bond acceptors (Lipinski definition) is 2. The normalized spacial score (nSPS) is 10.7. The van der Waals surface area contributed by atoms with E-state index in [0.717, 1.165) is 17.8 Å². The Morgan fingerprint density at radius 1 is 1.36 bits per heavy atom. The van der Waals surface area contributed by atoms with Gasteiger partial charge >= 0.3 is 0 Å². The second-order valence-corrected chi connectivity index (χ2v) is 2.34. The molecule has 2 heteroatoms. The minimum absolute atomic E-state index is 0.967. The lowest BCUT2D eigenvalue weighted by atomic mass is 10.3. The first-order chi connectivity index (χ1) is 5.34. The summed E-state index contributed by atoms with van der Waals surface area (Å²) in [6, 6.07) is 0. The number of aryl methyl sites for hydroxylation is 1. The van der Waals surface area contributed by atoms with Gasteiger partial charge in [-0.3, -0.25) is 9.97 Å². The van der Waals surface area contributed by atoms with Crippen molar-refractivity contribution < 1.29 is 0 Å². The Balaban J connectivity index is 2.86. The first-order valence-corrected chi connectivity index (χ1v) is 3.78. The highest BCUT2D eigenvalue weighted by Gasteiger charge is 1.91. The van der Waals surface area contributed by atoms with Crippen LogP contribution in [-0.4, -0.2) is 9.97 Å². The third-order valence-electron chi connectivity index (χ3n) is 1.43. The highest BCUT2D eigenvalue weighted by Crippen LogP contribution is 2.01. The highest BCUT2D eigenvalue weighted by molar-refractivity contribution is 5.46. The number of rotatable bonds is 2. The van der Waals surface area contributed by atoms with Gasteiger partial charge in [-0.25, -0.2) is 0 Å². The average molecular weight is 148 g/mol. The molecule has 58 valence electrons. The maximum Gasteiger partial charge on any atom is 0.0838 e. The highest BCUT2D eigenvalue weighted by atomic mass is 14.8. The van der Waals surface area contributed by atoms with Crippen molar-refractivity contribution in [1.29, 1.82) is 0 Å². The molecule has 1 aromatic rings. The van der Waals surface area contributed by atoms with Crippen LogP contribution in [0.3, 0.4) is 0 Å².